The first-order chi connectivity index (χ1) is 7.85. The zero-order chi connectivity index (χ0) is 13.1. The maximum absolute atomic E-state index is 10.8. The van der Waals surface area contributed by atoms with Crippen LogP contribution in [0.3, 0.4) is 0 Å². The van der Waals surface area contributed by atoms with Crippen molar-refractivity contribution in [1.82, 2.24) is 10.3 Å². The predicted octanol–water partition coefficient (Wildman–Crippen LogP) is -0.146. The summed E-state index contributed by atoms with van der Waals surface area (Å²) in [6, 6.07) is 1.55. The summed E-state index contributed by atoms with van der Waals surface area (Å²) in [4.78, 5) is 13.7. The number of aromatic carboxylic acids is 1. The summed E-state index contributed by atoms with van der Waals surface area (Å²) in [5.74, 6) is -0.965. The van der Waals surface area contributed by atoms with Crippen molar-refractivity contribution >= 4 is 5.97 Å². The van der Waals surface area contributed by atoms with E-state index in [0.29, 0.717) is 12.2 Å². The molecule has 0 aliphatic heterocycles. The molecule has 1 aromatic rings. The molecule has 0 spiro atoms. The van der Waals surface area contributed by atoms with Crippen LogP contribution in [0.2, 0.25) is 0 Å². The Morgan fingerprint density at radius 2 is 2.24 bits per heavy atom. The fraction of sp³-hybridized carbons (Fsp3) is 0.545. The van der Waals surface area contributed by atoms with Gasteiger partial charge in [-0.25, -0.2) is 4.79 Å². The average Bonchev–Trinajstić information content (AvgIpc) is 2.59. The van der Waals surface area contributed by atoms with Gasteiger partial charge in [-0.15, -0.1) is 0 Å². The fourth-order valence-corrected chi connectivity index (χ4v) is 1.47. The van der Waals surface area contributed by atoms with Crippen molar-refractivity contribution in [1.29, 1.82) is 0 Å². The highest BCUT2D eigenvalue weighted by Gasteiger charge is 2.18. The number of aliphatic hydroxyl groups is 2. The normalized spacial score (nSPS) is 14.6. The number of H-pyrrole nitrogens is 1. The molecule has 1 aromatic heterocycles. The van der Waals surface area contributed by atoms with E-state index in [9.17, 15) is 9.90 Å². The first-order valence-corrected chi connectivity index (χ1v) is 5.31. The number of hydrogen-bond donors (Lipinski definition) is 5. The Hall–Kier alpha value is -1.37. The molecule has 0 saturated heterocycles. The summed E-state index contributed by atoms with van der Waals surface area (Å²) in [6.07, 6.45) is 0. The van der Waals surface area contributed by atoms with Crippen molar-refractivity contribution in [2.45, 2.75) is 26.0 Å². The summed E-state index contributed by atoms with van der Waals surface area (Å²) < 4.78 is 0. The summed E-state index contributed by atoms with van der Waals surface area (Å²) in [7, 11) is 0. The topological polar surface area (TPSA) is 106 Å². The SMILES string of the molecule is Cc1[nH]c(CNCC(C)(O)CO)cc1C(=O)O. The summed E-state index contributed by atoms with van der Waals surface area (Å²) in [5.41, 5.74) is 0.407. The molecule has 0 radical (unpaired) electrons. The smallest absolute Gasteiger partial charge is 0.337 e. The zero-order valence-corrected chi connectivity index (χ0v) is 9.95. The van der Waals surface area contributed by atoms with Gasteiger partial charge >= 0.3 is 5.97 Å². The Balaban J connectivity index is 2.53. The van der Waals surface area contributed by atoms with Crippen molar-refractivity contribution in [3.8, 4) is 0 Å². The van der Waals surface area contributed by atoms with Gasteiger partial charge in [-0.3, -0.25) is 0 Å². The summed E-state index contributed by atoms with van der Waals surface area (Å²) in [5, 5.41) is 30.2. The number of aryl methyl sites for hydroxylation is 1. The summed E-state index contributed by atoms with van der Waals surface area (Å²) in [6.45, 7) is 3.51. The lowest BCUT2D eigenvalue weighted by molar-refractivity contribution is 0.00249. The molecule has 6 heteroatoms. The Morgan fingerprint density at radius 1 is 1.59 bits per heavy atom. The van der Waals surface area contributed by atoms with Gasteiger partial charge in [0.15, 0.2) is 0 Å². The van der Waals surface area contributed by atoms with Crippen molar-refractivity contribution in [3.63, 3.8) is 0 Å². The molecule has 0 amide bonds. The number of carbonyl (C=O) groups is 1. The van der Waals surface area contributed by atoms with E-state index < -0.39 is 11.6 Å². The van der Waals surface area contributed by atoms with Gasteiger partial charge in [-0.1, -0.05) is 0 Å². The van der Waals surface area contributed by atoms with E-state index in [0.717, 1.165) is 5.69 Å². The Morgan fingerprint density at radius 3 is 2.71 bits per heavy atom. The molecule has 0 saturated carbocycles. The van der Waals surface area contributed by atoms with Crippen LogP contribution in [0.4, 0.5) is 0 Å². The van der Waals surface area contributed by atoms with E-state index in [1.165, 1.54) is 6.92 Å². The minimum absolute atomic E-state index is 0.226. The fourth-order valence-electron chi connectivity index (χ4n) is 1.47. The van der Waals surface area contributed by atoms with Gasteiger partial charge in [-0.05, 0) is 19.9 Å². The molecule has 1 heterocycles. The molecule has 0 aromatic carbocycles. The highest BCUT2D eigenvalue weighted by molar-refractivity contribution is 5.89. The molecule has 1 unspecified atom stereocenters. The third kappa shape index (κ3) is 3.85. The summed E-state index contributed by atoms with van der Waals surface area (Å²) >= 11 is 0. The van der Waals surface area contributed by atoms with Crippen LogP contribution in [0.25, 0.3) is 0 Å². The molecular weight excluding hydrogens is 224 g/mol. The van der Waals surface area contributed by atoms with Crippen LogP contribution >= 0.6 is 0 Å². The van der Waals surface area contributed by atoms with E-state index in [-0.39, 0.29) is 18.7 Å². The average molecular weight is 242 g/mol. The van der Waals surface area contributed by atoms with Crippen LogP contribution in [0.15, 0.2) is 6.07 Å². The second-order valence-corrected chi connectivity index (χ2v) is 4.40. The Bertz CT molecular complexity index is 398. The number of hydrogen-bond acceptors (Lipinski definition) is 4. The van der Waals surface area contributed by atoms with Crippen molar-refractivity contribution in [2.24, 2.45) is 0 Å². The number of aliphatic hydroxyl groups excluding tert-OH is 1. The minimum atomic E-state index is -1.17. The van der Waals surface area contributed by atoms with Gasteiger partial charge in [0.1, 0.15) is 0 Å². The van der Waals surface area contributed by atoms with Crippen molar-refractivity contribution in [3.05, 3.63) is 23.0 Å². The van der Waals surface area contributed by atoms with Gasteiger partial charge in [-0.2, -0.15) is 0 Å². The first kappa shape index (κ1) is 13.7. The number of aromatic amines is 1. The van der Waals surface area contributed by atoms with Gasteiger partial charge < -0.3 is 25.6 Å². The minimum Gasteiger partial charge on any atom is -0.478 e. The number of nitrogens with one attached hydrogen (secondary N) is 2. The Labute approximate surface area is 99.3 Å². The maximum atomic E-state index is 10.8. The van der Waals surface area contributed by atoms with E-state index >= 15 is 0 Å². The van der Waals surface area contributed by atoms with Crippen LogP contribution in [0.5, 0.6) is 0 Å². The quantitative estimate of drug-likeness (QED) is 0.477. The molecule has 1 rings (SSSR count). The van der Waals surface area contributed by atoms with Gasteiger partial charge in [0, 0.05) is 24.5 Å². The lowest BCUT2D eigenvalue weighted by Crippen LogP contribution is -2.40. The predicted molar refractivity (Wildman–Crippen MR) is 61.9 cm³/mol. The highest BCUT2D eigenvalue weighted by Crippen LogP contribution is 2.10. The van der Waals surface area contributed by atoms with E-state index in [2.05, 4.69) is 10.3 Å². The van der Waals surface area contributed by atoms with Crippen LogP contribution in [0.1, 0.15) is 28.7 Å². The third-order valence-electron chi connectivity index (χ3n) is 2.46. The van der Waals surface area contributed by atoms with Crippen molar-refractivity contribution < 1.29 is 20.1 Å². The molecule has 17 heavy (non-hydrogen) atoms. The molecule has 6 nitrogen and oxygen atoms in total. The van der Waals surface area contributed by atoms with Gasteiger partial charge in [0.25, 0.3) is 0 Å². The lowest BCUT2D eigenvalue weighted by Gasteiger charge is -2.20. The van der Waals surface area contributed by atoms with E-state index in [4.69, 9.17) is 10.2 Å². The van der Waals surface area contributed by atoms with Crippen LogP contribution in [0, 0.1) is 6.92 Å². The number of rotatable bonds is 6. The van der Waals surface area contributed by atoms with Crippen LogP contribution < -0.4 is 5.32 Å². The standard InChI is InChI=1S/C11H18N2O4/c1-7-9(10(15)16)3-8(13-7)4-12-5-11(2,17)6-14/h3,12-14,17H,4-6H2,1-2H3,(H,15,16). The number of aromatic nitrogens is 1. The first-order valence-electron chi connectivity index (χ1n) is 5.31. The second kappa shape index (κ2) is 5.31. The third-order valence-corrected chi connectivity index (χ3v) is 2.46. The highest BCUT2D eigenvalue weighted by atomic mass is 16.4. The molecule has 96 valence electrons. The van der Waals surface area contributed by atoms with Gasteiger partial charge in [0.05, 0.1) is 17.8 Å². The molecule has 5 N–H and O–H groups in total. The van der Waals surface area contributed by atoms with E-state index in [1.807, 2.05) is 0 Å². The van der Waals surface area contributed by atoms with E-state index in [1.54, 1.807) is 13.0 Å². The Kier molecular flexibility index (Phi) is 4.28. The van der Waals surface area contributed by atoms with Gasteiger partial charge in [0.2, 0.25) is 0 Å². The molecule has 1 atom stereocenters. The monoisotopic (exact) mass is 242 g/mol. The second-order valence-electron chi connectivity index (χ2n) is 4.40. The van der Waals surface area contributed by atoms with Crippen molar-refractivity contribution in [2.75, 3.05) is 13.2 Å². The van der Waals surface area contributed by atoms with Crippen LogP contribution in [-0.2, 0) is 6.54 Å². The molecular formula is C11H18N2O4. The molecule has 0 bridgehead atoms. The maximum Gasteiger partial charge on any atom is 0.337 e. The molecule has 0 fully saturated rings. The largest absolute Gasteiger partial charge is 0.478 e. The zero-order valence-electron chi connectivity index (χ0n) is 9.95. The van der Waals surface area contributed by atoms with Crippen LogP contribution in [-0.4, -0.2) is 45.0 Å². The number of carboxylic acid groups (broad SMARTS) is 1. The lowest BCUT2D eigenvalue weighted by atomic mass is 10.1. The number of carboxylic acids is 1. The molecule has 0 aliphatic carbocycles. The molecule has 0 aliphatic rings.